The van der Waals surface area contributed by atoms with Crippen molar-refractivity contribution in [2.24, 2.45) is 5.41 Å². The van der Waals surface area contributed by atoms with Gasteiger partial charge in [-0.2, -0.15) is 0 Å². The highest BCUT2D eigenvalue weighted by molar-refractivity contribution is 7.91. The van der Waals surface area contributed by atoms with E-state index < -0.39 is 26.8 Å². The first-order valence-electron chi connectivity index (χ1n) is 7.16. The van der Waals surface area contributed by atoms with Crippen molar-refractivity contribution in [3.05, 3.63) is 0 Å². The third-order valence-electron chi connectivity index (χ3n) is 3.95. The zero-order valence-electron chi connectivity index (χ0n) is 13.7. The summed E-state index contributed by atoms with van der Waals surface area (Å²) in [6, 6.07) is -0.637. The van der Waals surface area contributed by atoms with Crippen LogP contribution in [0.2, 0.25) is 0 Å². The average molecular weight is 318 g/mol. The number of nitrogens with one attached hydrogen (secondary N) is 1. The monoisotopic (exact) mass is 318 g/mol. The molecule has 21 heavy (non-hydrogen) atoms. The van der Waals surface area contributed by atoms with E-state index in [9.17, 15) is 18.0 Å². The third-order valence-corrected chi connectivity index (χ3v) is 5.63. The van der Waals surface area contributed by atoms with E-state index in [4.69, 9.17) is 0 Å². The van der Waals surface area contributed by atoms with Crippen LogP contribution in [-0.2, 0) is 19.4 Å². The Morgan fingerprint density at radius 1 is 1.24 bits per heavy atom. The van der Waals surface area contributed by atoms with Gasteiger partial charge in [-0.15, -0.1) is 0 Å². The van der Waals surface area contributed by atoms with Crippen molar-refractivity contribution in [1.29, 1.82) is 0 Å². The summed E-state index contributed by atoms with van der Waals surface area (Å²) in [5, 5.41) is 2.76. The lowest BCUT2D eigenvalue weighted by Crippen LogP contribution is -2.71. The van der Waals surface area contributed by atoms with Crippen LogP contribution in [-0.4, -0.2) is 54.8 Å². The molecule has 122 valence electrons. The lowest BCUT2D eigenvalue weighted by atomic mass is 9.82. The second-order valence-electron chi connectivity index (χ2n) is 7.06. The van der Waals surface area contributed by atoms with E-state index in [0.717, 1.165) is 0 Å². The zero-order valence-corrected chi connectivity index (χ0v) is 14.5. The summed E-state index contributed by atoms with van der Waals surface area (Å²) in [6.45, 7) is 10.5. The molecule has 2 amide bonds. The van der Waals surface area contributed by atoms with E-state index in [1.54, 1.807) is 20.8 Å². The third kappa shape index (κ3) is 3.75. The normalized spacial score (nSPS) is 23.1. The van der Waals surface area contributed by atoms with Crippen molar-refractivity contribution in [3.63, 3.8) is 0 Å². The number of hydrogen-bond donors (Lipinski definition) is 1. The van der Waals surface area contributed by atoms with Crippen LogP contribution in [0.15, 0.2) is 0 Å². The predicted molar refractivity (Wildman–Crippen MR) is 81.5 cm³/mol. The van der Waals surface area contributed by atoms with Crippen LogP contribution in [0, 0.1) is 5.41 Å². The fourth-order valence-corrected chi connectivity index (χ4v) is 3.02. The summed E-state index contributed by atoms with van der Waals surface area (Å²) in [5.41, 5.74) is -1.47. The van der Waals surface area contributed by atoms with Crippen molar-refractivity contribution >= 4 is 21.7 Å². The summed E-state index contributed by atoms with van der Waals surface area (Å²) in [4.78, 5) is 26.3. The summed E-state index contributed by atoms with van der Waals surface area (Å²) < 4.78 is 23.4. The summed E-state index contributed by atoms with van der Waals surface area (Å²) in [6.07, 6.45) is 0. The quantitative estimate of drug-likeness (QED) is 0.821. The molecular weight excluding hydrogens is 292 g/mol. The molecule has 0 bridgehead atoms. The second kappa shape index (κ2) is 5.59. The maximum Gasteiger partial charge on any atom is 0.246 e. The molecule has 1 aliphatic heterocycles. The lowest BCUT2D eigenvalue weighted by Gasteiger charge is -2.47. The van der Waals surface area contributed by atoms with Gasteiger partial charge in [0.1, 0.15) is 11.6 Å². The molecule has 1 aliphatic rings. The van der Waals surface area contributed by atoms with Crippen molar-refractivity contribution in [2.75, 3.05) is 18.1 Å². The Hall–Kier alpha value is -1.11. The molecule has 6 nitrogen and oxygen atoms in total. The van der Waals surface area contributed by atoms with Gasteiger partial charge in [0.25, 0.3) is 0 Å². The number of hydrogen-bond acceptors (Lipinski definition) is 4. The molecule has 0 aromatic heterocycles. The number of carbonyl (C=O) groups excluding carboxylic acids is 2. The summed E-state index contributed by atoms with van der Waals surface area (Å²) in [7, 11) is -3.19. The van der Waals surface area contributed by atoms with E-state index in [1.165, 1.54) is 4.90 Å². The number of nitrogens with zero attached hydrogens (tertiary/aromatic N) is 1. The predicted octanol–water partition coefficient (Wildman–Crippen LogP) is 0.573. The number of rotatable bonds is 4. The molecule has 0 aromatic carbocycles. The fourth-order valence-electron chi connectivity index (χ4n) is 2.27. The topological polar surface area (TPSA) is 83.6 Å². The van der Waals surface area contributed by atoms with E-state index in [-0.39, 0.29) is 29.9 Å². The maximum absolute atomic E-state index is 12.7. The van der Waals surface area contributed by atoms with Gasteiger partial charge in [0.05, 0.1) is 5.75 Å². The molecule has 0 saturated carbocycles. The molecule has 7 heteroatoms. The highest BCUT2D eigenvalue weighted by Gasteiger charge is 2.49. The second-order valence-corrected chi connectivity index (χ2v) is 9.53. The molecule has 0 radical (unpaired) electrons. The van der Waals surface area contributed by atoms with Gasteiger partial charge in [-0.25, -0.2) is 8.42 Å². The Morgan fingerprint density at radius 2 is 1.76 bits per heavy atom. The van der Waals surface area contributed by atoms with E-state index in [2.05, 4.69) is 5.32 Å². The van der Waals surface area contributed by atoms with Crippen LogP contribution >= 0.6 is 0 Å². The molecule has 1 fully saturated rings. The minimum atomic E-state index is -3.19. The van der Waals surface area contributed by atoms with Crippen LogP contribution in [0.1, 0.15) is 41.5 Å². The van der Waals surface area contributed by atoms with E-state index >= 15 is 0 Å². The molecule has 0 spiro atoms. The largest absolute Gasteiger partial charge is 0.342 e. The van der Waals surface area contributed by atoms with E-state index in [0.29, 0.717) is 0 Å². The van der Waals surface area contributed by atoms with Crippen LogP contribution in [0.3, 0.4) is 0 Å². The number of amides is 2. The Kier molecular flexibility index (Phi) is 4.77. The Morgan fingerprint density at radius 3 is 2.19 bits per heavy atom. The summed E-state index contributed by atoms with van der Waals surface area (Å²) in [5.74, 6) is -0.568. The molecule has 0 aliphatic carbocycles. The van der Waals surface area contributed by atoms with Crippen LogP contribution in [0.4, 0.5) is 0 Å². The molecule has 1 rings (SSSR count). The van der Waals surface area contributed by atoms with E-state index in [1.807, 2.05) is 20.8 Å². The maximum atomic E-state index is 12.7. The highest BCUT2D eigenvalue weighted by Crippen LogP contribution is 2.29. The van der Waals surface area contributed by atoms with Gasteiger partial charge in [0.2, 0.25) is 11.8 Å². The first-order valence-corrected chi connectivity index (χ1v) is 8.98. The highest BCUT2D eigenvalue weighted by atomic mass is 32.2. The molecule has 1 atom stereocenters. The van der Waals surface area contributed by atoms with Crippen molar-refractivity contribution < 1.29 is 18.0 Å². The van der Waals surface area contributed by atoms with Crippen molar-refractivity contribution in [2.45, 2.75) is 53.1 Å². The molecule has 1 heterocycles. The Balaban J connectivity index is 3.06. The molecule has 1 unspecified atom stereocenters. The average Bonchev–Trinajstić information content (AvgIpc) is 2.32. The molecule has 1 saturated heterocycles. The van der Waals surface area contributed by atoms with Crippen LogP contribution < -0.4 is 5.32 Å². The van der Waals surface area contributed by atoms with Gasteiger partial charge in [-0.3, -0.25) is 9.59 Å². The van der Waals surface area contributed by atoms with Crippen molar-refractivity contribution in [3.8, 4) is 0 Å². The zero-order chi connectivity index (χ0) is 16.6. The van der Waals surface area contributed by atoms with Crippen LogP contribution in [0.5, 0.6) is 0 Å². The Bertz CT molecular complexity index is 532. The van der Waals surface area contributed by atoms with Gasteiger partial charge in [0.15, 0.2) is 9.84 Å². The molecular formula is C14H26N2O4S. The van der Waals surface area contributed by atoms with Gasteiger partial charge < -0.3 is 10.2 Å². The number of carbonyl (C=O) groups is 2. The van der Waals surface area contributed by atoms with Gasteiger partial charge in [-0.05, 0) is 19.3 Å². The van der Waals surface area contributed by atoms with Gasteiger partial charge in [-0.1, -0.05) is 27.7 Å². The fraction of sp³-hybridized carbons (Fsp3) is 0.857. The minimum absolute atomic E-state index is 0.0321. The Labute approximate surface area is 127 Å². The first kappa shape index (κ1) is 17.9. The first-order chi connectivity index (χ1) is 9.33. The molecule has 0 aromatic rings. The lowest BCUT2D eigenvalue weighted by molar-refractivity contribution is -0.157. The smallest absolute Gasteiger partial charge is 0.246 e. The standard InChI is InChI=1S/C14H26N2O4S/c1-7-21(19,20)9-8-16-11(17)10(13(2,3)4)15-12(18)14(16,5)6/h10H,7-9H2,1-6H3,(H,15,18). The molecule has 1 N–H and O–H groups in total. The SMILES string of the molecule is CCS(=O)(=O)CCN1C(=O)C(C(C)(C)C)NC(=O)C1(C)C. The van der Waals surface area contributed by atoms with Crippen molar-refractivity contribution in [1.82, 2.24) is 10.2 Å². The van der Waals surface area contributed by atoms with Gasteiger partial charge >= 0.3 is 0 Å². The summed E-state index contributed by atoms with van der Waals surface area (Å²) >= 11 is 0. The van der Waals surface area contributed by atoms with Crippen LogP contribution in [0.25, 0.3) is 0 Å². The van der Waals surface area contributed by atoms with Gasteiger partial charge in [0, 0.05) is 12.3 Å². The minimum Gasteiger partial charge on any atom is -0.342 e. The number of sulfone groups is 1. The number of piperazine rings is 1.